The number of benzene rings is 1. The number of aliphatic hydroxyl groups is 1. The lowest BCUT2D eigenvalue weighted by Gasteiger charge is -2.28. The van der Waals surface area contributed by atoms with Crippen LogP contribution in [0.15, 0.2) is 24.3 Å². The highest BCUT2D eigenvalue weighted by Gasteiger charge is 2.30. The Bertz CT molecular complexity index is 470. The van der Waals surface area contributed by atoms with Crippen LogP contribution in [0.25, 0.3) is 0 Å². The summed E-state index contributed by atoms with van der Waals surface area (Å²) in [6, 6.07) is 3.73. The van der Waals surface area contributed by atoms with E-state index in [1.807, 2.05) is 0 Å². The highest BCUT2D eigenvalue weighted by Crippen LogP contribution is 2.29. The van der Waals surface area contributed by atoms with E-state index in [2.05, 4.69) is 5.32 Å². The van der Waals surface area contributed by atoms with Crippen molar-refractivity contribution in [3.05, 3.63) is 35.4 Å². The topological polar surface area (TPSA) is 49.3 Å². The summed E-state index contributed by atoms with van der Waals surface area (Å²) in [6.45, 7) is 0. The molecule has 20 heavy (non-hydrogen) atoms. The Labute approximate surface area is 114 Å². The van der Waals surface area contributed by atoms with Gasteiger partial charge in [0.1, 0.15) is 0 Å². The summed E-state index contributed by atoms with van der Waals surface area (Å²) in [5.74, 6) is -0.454. The minimum Gasteiger partial charge on any atom is -0.391 e. The van der Waals surface area contributed by atoms with Gasteiger partial charge in [0.15, 0.2) is 0 Å². The Balaban J connectivity index is 2.02. The molecule has 0 heterocycles. The maximum Gasteiger partial charge on any atom is 0.416 e. The summed E-state index contributed by atoms with van der Waals surface area (Å²) in [4.78, 5) is 11.9. The van der Waals surface area contributed by atoms with Gasteiger partial charge in [-0.25, -0.2) is 0 Å². The number of alkyl halides is 3. The predicted octanol–water partition coefficient (Wildman–Crippen LogP) is 2.74. The fourth-order valence-electron chi connectivity index (χ4n) is 2.34. The molecule has 1 fully saturated rings. The molecule has 2 atom stereocenters. The first-order chi connectivity index (χ1) is 9.38. The second-order valence-electron chi connectivity index (χ2n) is 5.01. The lowest BCUT2D eigenvalue weighted by molar-refractivity contribution is -0.137. The zero-order valence-corrected chi connectivity index (χ0v) is 10.8. The van der Waals surface area contributed by atoms with E-state index in [9.17, 15) is 23.1 Å². The second kappa shape index (κ2) is 5.83. The average molecular weight is 287 g/mol. The molecule has 0 spiro atoms. The van der Waals surface area contributed by atoms with Gasteiger partial charge >= 0.3 is 6.18 Å². The summed E-state index contributed by atoms with van der Waals surface area (Å²) in [7, 11) is 0. The molecule has 2 N–H and O–H groups in total. The molecule has 1 aromatic rings. The van der Waals surface area contributed by atoms with Gasteiger partial charge in [0.05, 0.1) is 17.7 Å². The molecule has 1 aliphatic carbocycles. The van der Waals surface area contributed by atoms with Gasteiger partial charge in [-0.2, -0.15) is 13.2 Å². The van der Waals surface area contributed by atoms with Crippen LogP contribution in [0.5, 0.6) is 0 Å². The van der Waals surface area contributed by atoms with Gasteiger partial charge < -0.3 is 10.4 Å². The summed E-state index contributed by atoms with van der Waals surface area (Å²) in [6.07, 6.45) is -1.81. The molecule has 0 saturated heterocycles. The van der Waals surface area contributed by atoms with Gasteiger partial charge in [0.2, 0.25) is 0 Å². The maximum atomic E-state index is 12.4. The standard InChI is InChI=1S/C14H16F3NO2/c15-14(16,17)10-7-5-9(6-8-10)13(20)18-11-3-1-2-4-12(11)19/h5-8,11-12,19H,1-4H2,(H,18,20)/t11-,12-/m0/s1. The molecular weight excluding hydrogens is 271 g/mol. The molecular formula is C14H16F3NO2. The Kier molecular flexibility index (Phi) is 4.32. The van der Waals surface area contributed by atoms with Crippen molar-refractivity contribution >= 4 is 5.91 Å². The van der Waals surface area contributed by atoms with E-state index < -0.39 is 23.8 Å². The molecule has 110 valence electrons. The number of halogens is 3. The molecule has 0 unspecified atom stereocenters. The fraction of sp³-hybridized carbons (Fsp3) is 0.500. The van der Waals surface area contributed by atoms with Crippen LogP contribution in [0, 0.1) is 0 Å². The first kappa shape index (κ1) is 14.8. The second-order valence-corrected chi connectivity index (χ2v) is 5.01. The largest absolute Gasteiger partial charge is 0.416 e. The highest BCUT2D eigenvalue weighted by molar-refractivity contribution is 5.94. The monoisotopic (exact) mass is 287 g/mol. The Morgan fingerprint density at radius 1 is 1.15 bits per heavy atom. The number of carbonyl (C=O) groups excluding carboxylic acids is 1. The summed E-state index contributed by atoms with van der Waals surface area (Å²) in [5, 5.41) is 12.4. The van der Waals surface area contributed by atoms with Crippen LogP contribution in [-0.4, -0.2) is 23.2 Å². The van der Waals surface area contributed by atoms with Gasteiger partial charge in [-0.05, 0) is 37.1 Å². The smallest absolute Gasteiger partial charge is 0.391 e. The first-order valence-corrected chi connectivity index (χ1v) is 6.54. The van der Waals surface area contributed by atoms with Crippen molar-refractivity contribution in [2.45, 2.75) is 44.0 Å². The summed E-state index contributed by atoms with van der Waals surface area (Å²) >= 11 is 0. The number of nitrogens with one attached hydrogen (secondary N) is 1. The number of rotatable bonds is 2. The Morgan fingerprint density at radius 3 is 2.30 bits per heavy atom. The third-order valence-corrected chi connectivity index (χ3v) is 3.52. The average Bonchev–Trinajstić information content (AvgIpc) is 2.40. The van der Waals surface area contributed by atoms with Crippen molar-refractivity contribution < 1.29 is 23.1 Å². The predicted molar refractivity (Wildman–Crippen MR) is 67.2 cm³/mol. The van der Waals surface area contributed by atoms with E-state index >= 15 is 0 Å². The number of hydrogen-bond acceptors (Lipinski definition) is 2. The highest BCUT2D eigenvalue weighted by atomic mass is 19.4. The van der Waals surface area contributed by atoms with E-state index in [0.29, 0.717) is 12.8 Å². The SMILES string of the molecule is O=C(N[C@H]1CCCC[C@@H]1O)c1ccc(C(F)(F)F)cc1. The molecule has 1 aromatic carbocycles. The van der Waals surface area contributed by atoms with Crippen molar-refractivity contribution in [2.75, 3.05) is 0 Å². The van der Waals surface area contributed by atoms with E-state index in [4.69, 9.17) is 0 Å². The normalized spacial score (nSPS) is 23.4. The van der Waals surface area contributed by atoms with E-state index in [0.717, 1.165) is 37.1 Å². The van der Waals surface area contributed by atoms with Crippen molar-refractivity contribution in [2.24, 2.45) is 0 Å². The maximum absolute atomic E-state index is 12.4. The molecule has 1 amide bonds. The zero-order valence-electron chi connectivity index (χ0n) is 10.8. The van der Waals surface area contributed by atoms with Gasteiger partial charge in [0, 0.05) is 5.56 Å². The van der Waals surface area contributed by atoms with E-state index in [1.165, 1.54) is 0 Å². The lowest BCUT2D eigenvalue weighted by atomic mass is 9.92. The van der Waals surface area contributed by atoms with Crippen LogP contribution in [0.3, 0.4) is 0 Å². The van der Waals surface area contributed by atoms with Crippen LogP contribution in [0.2, 0.25) is 0 Å². The zero-order chi connectivity index (χ0) is 14.8. The van der Waals surface area contributed by atoms with Gasteiger partial charge in [-0.3, -0.25) is 4.79 Å². The summed E-state index contributed by atoms with van der Waals surface area (Å²) < 4.78 is 37.2. The van der Waals surface area contributed by atoms with Crippen LogP contribution >= 0.6 is 0 Å². The number of carbonyl (C=O) groups is 1. The molecule has 1 aliphatic rings. The number of hydrogen-bond donors (Lipinski definition) is 2. The van der Waals surface area contributed by atoms with Crippen molar-refractivity contribution in [3.63, 3.8) is 0 Å². The minimum absolute atomic E-state index is 0.163. The van der Waals surface area contributed by atoms with Crippen molar-refractivity contribution in [1.82, 2.24) is 5.32 Å². The molecule has 0 radical (unpaired) electrons. The quantitative estimate of drug-likeness (QED) is 0.878. The van der Waals surface area contributed by atoms with Crippen LogP contribution < -0.4 is 5.32 Å². The van der Waals surface area contributed by atoms with Gasteiger partial charge in [0.25, 0.3) is 5.91 Å². The van der Waals surface area contributed by atoms with Gasteiger partial charge in [-0.15, -0.1) is 0 Å². The third-order valence-electron chi connectivity index (χ3n) is 3.52. The molecule has 0 aromatic heterocycles. The number of aliphatic hydroxyl groups excluding tert-OH is 1. The first-order valence-electron chi connectivity index (χ1n) is 6.54. The molecule has 6 heteroatoms. The molecule has 2 rings (SSSR count). The van der Waals surface area contributed by atoms with E-state index in [1.54, 1.807) is 0 Å². The molecule has 3 nitrogen and oxygen atoms in total. The van der Waals surface area contributed by atoms with Crippen molar-refractivity contribution in [3.8, 4) is 0 Å². The van der Waals surface area contributed by atoms with Crippen molar-refractivity contribution in [1.29, 1.82) is 0 Å². The number of amides is 1. The van der Waals surface area contributed by atoms with Crippen LogP contribution in [0.4, 0.5) is 13.2 Å². The van der Waals surface area contributed by atoms with Gasteiger partial charge in [-0.1, -0.05) is 12.8 Å². The fourth-order valence-corrected chi connectivity index (χ4v) is 2.34. The van der Waals surface area contributed by atoms with Crippen LogP contribution in [0.1, 0.15) is 41.6 Å². The molecule has 0 aliphatic heterocycles. The molecule has 1 saturated carbocycles. The Hall–Kier alpha value is -1.56. The Morgan fingerprint density at radius 2 is 1.75 bits per heavy atom. The summed E-state index contributed by atoms with van der Waals surface area (Å²) in [5.41, 5.74) is -0.623. The third kappa shape index (κ3) is 3.50. The van der Waals surface area contributed by atoms with Crippen LogP contribution in [-0.2, 0) is 6.18 Å². The minimum atomic E-state index is -4.41. The lowest BCUT2D eigenvalue weighted by Crippen LogP contribution is -2.45. The molecule has 0 bridgehead atoms. The van der Waals surface area contributed by atoms with E-state index in [-0.39, 0.29) is 11.6 Å².